The SMILES string of the molecule is CC1C=C(Nc2ccnc(-c3ccc(C(F)(F)F)cc3)c2)C=C2OCCOC21. The number of alkyl halides is 3. The first-order valence-corrected chi connectivity index (χ1v) is 8.99. The van der Waals surface area contributed by atoms with Crippen molar-refractivity contribution in [2.75, 3.05) is 18.5 Å². The molecule has 7 heteroatoms. The highest BCUT2D eigenvalue weighted by molar-refractivity contribution is 5.65. The van der Waals surface area contributed by atoms with Crippen molar-refractivity contribution in [3.05, 3.63) is 71.8 Å². The summed E-state index contributed by atoms with van der Waals surface area (Å²) in [5, 5.41) is 3.32. The molecule has 1 aromatic heterocycles. The molecule has 2 aromatic rings. The Hall–Kier alpha value is -2.80. The van der Waals surface area contributed by atoms with Gasteiger partial charge in [-0.2, -0.15) is 13.2 Å². The minimum Gasteiger partial charge on any atom is -0.493 e. The van der Waals surface area contributed by atoms with Crippen molar-refractivity contribution in [1.29, 1.82) is 0 Å². The van der Waals surface area contributed by atoms with Gasteiger partial charge in [-0.15, -0.1) is 0 Å². The number of fused-ring (bicyclic) bond motifs is 1. The molecule has 1 aromatic carbocycles. The molecule has 0 bridgehead atoms. The Balaban J connectivity index is 1.54. The lowest BCUT2D eigenvalue weighted by Gasteiger charge is -2.33. The number of pyridine rings is 1. The molecule has 28 heavy (non-hydrogen) atoms. The molecular formula is C21H19F3N2O2. The van der Waals surface area contributed by atoms with Crippen molar-refractivity contribution in [3.8, 4) is 11.3 Å². The van der Waals surface area contributed by atoms with E-state index >= 15 is 0 Å². The second-order valence-corrected chi connectivity index (χ2v) is 6.80. The molecule has 1 saturated heterocycles. The first-order valence-electron chi connectivity index (χ1n) is 8.99. The molecule has 2 unspecified atom stereocenters. The molecule has 1 fully saturated rings. The predicted octanol–water partition coefficient (Wildman–Crippen LogP) is 5.01. The number of ether oxygens (including phenoxy) is 2. The van der Waals surface area contributed by atoms with E-state index in [2.05, 4.69) is 23.3 Å². The van der Waals surface area contributed by atoms with Crippen LogP contribution in [0.2, 0.25) is 0 Å². The Kier molecular flexibility index (Phi) is 4.85. The molecule has 0 spiro atoms. The van der Waals surface area contributed by atoms with Gasteiger partial charge in [0, 0.05) is 35.1 Å². The number of nitrogens with zero attached hydrogens (tertiary/aromatic N) is 1. The number of benzene rings is 1. The Bertz CT molecular complexity index is 920. The lowest BCUT2D eigenvalue weighted by molar-refractivity contribution is -0.137. The second-order valence-electron chi connectivity index (χ2n) is 6.80. The van der Waals surface area contributed by atoms with E-state index < -0.39 is 11.7 Å². The fraction of sp³-hybridized carbons (Fsp3) is 0.286. The van der Waals surface area contributed by atoms with E-state index in [-0.39, 0.29) is 12.0 Å². The lowest BCUT2D eigenvalue weighted by Crippen LogP contribution is -2.34. The van der Waals surface area contributed by atoms with Crippen molar-refractivity contribution < 1.29 is 22.6 Å². The Labute approximate surface area is 160 Å². The Morgan fingerprint density at radius 2 is 1.89 bits per heavy atom. The van der Waals surface area contributed by atoms with Crippen LogP contribution in [0, 0.1) is 5.92 Å². The molecule has 1 N–H and O–H groups in total. The zero-order chi connectivity index (χ0) is 19.7. The van der Waals surface area contributed by atoms with Crippen molar-refractivity contribution in [3.63, 3.8) is 0 Å². The fourth-order valence-corrected chi connectivity index (χ4v) is 3.35. The van der Waals surface area contributed by atoms with E-state index in [1.165, 1.54) is 12.1 Å². The van der Waals surface area contributed by atoms with Gasteiger partial charge in [-0.05, 0) is 24.3 Å². The third-order valence-electron chi connectivity index (χ3n) is 4.70. The summed E-state index contributed by atoms with van der Waals surface area (Å²) < 4.78 is 49.7. The maximum absolute atomic E-state index is 12.7. The largest absolute Gasteiger partial charge is 0.493 e. The highest BCUT2D eigenvalue weighted by Gasteiger charge is 2.30. The number of nitrogens with one attached hydrogen (secondary N) is 1. The van der Waals surface area contributed by atoms with Crippen LogP contribution in [0.3, 0.4) is 0 Å². The molecule has 1 aliphatic carbocycles. The van der Waals surface area contributed by atoms with Crippen LogP contribution >= 0.6 is 0 Å². The highest BCUT2D eigenvalue weighted by Crippen LogP contribution is 2.32. The van der Waals surface area contributed by atoms with Crippen LogP contribution in [0.25, 0.3) is 11.3 Å². The van der Waals surface area contributed by atoms with Gasteiger partial charge in [-0.25, -0.2) is 0 Å². The molecular weight excluding hydrogens is 369 g/mol. The Morgan fingerprint density at radius 1 is 1.11 bits per heavy atom. The van der Waals surface area contributed by atoms with Gasteiger partial charge in [0.2, 0.25) is 0 Å². The molecule has 0 radical (unpaired) electrons. The van der Waals surface area contributed by atoms with E-state index in [1.54, 1.807) is 12.3 Å². The van der Waals surface area contributed by atoms with Gasteiger partial charge in [-0.1, -0.05) is 25.1 Å². The van der Waals surface area contributed by atoms with Crippen molar-refractivity contribution >= 4 is 5.69 Å². The molecule has 0 saturated carbocycles. The third-order valence-corrected chi connectivity index (χ3v) is 4.70. The van der Waals surface area contributed by atoms with E-state index in [1.807, 2.05) is 12.1 Å². The second kappa shape index (κ2) is 7.31. The average molecular weight is 388 g/mol. The van der Waals surface area contributed by atoms with Crippen LogP contribution < -0.4 is 5.32 Å². The smallest absolute Gasteiger partial charge is 0.416 e. The normalized spacial score (nSPS) is 21.9. The van der Waals surface area contributed by atoms with Crippen LogP contribution in [0.4, 0.5) is 18.9 Å². The molecule has 146 valence electrons. The first kappa shape index (κ1) is 18.6. The molecule has 4 nitrogen and oxygen atoms in total. The van der Waals surface area contributed by atoms with Gasteiger partial charge in [0.1, 0.15) is 18.5 Å². The third kappa shape index (κ3) is 3.89. The number of hydrogen-bond acceptors (Lipinski definition) is 4. The van der Waals surface area contributed by atoms with Gasteiger partial charge < -0.3 is 14.8 Å². The van der Waals surface area contributed by atoms with E-state index in [0.29, 0.717) is 24.5 Å². The molecule has 0 amide bonds. The predicted molar refractivity (Wildman–Crippen MR) is 99.3 cm³/mol. The summed E-state index contributed by atoms with van der Waals surface area (Å²) in [5.41, 5.74) is 2.20. The van der Waals surface area contributed by atoms with Gasteiger partial charge in [0.05, 0.1) is 17.9 Å². The summed E-state index contributed by atoms with van der Waals surface area (Å²) in [6.07, 6.45) is 1.21. The van der Waals surface area contributed by atoms with Crippen molar-refractivity contribution in [2.24, 2.45) is 5.92 Å². The molecule has 2 aliphatic rings. The quantitative estimate of drug-likeness (QED) is 0.803. The minimum atomic E-state index is -4.35. The maximum Gasteiger partial charge on any atom is 0.416 e. The lowest BCUT2D eigenvalue weighted by atomic mass is 9.95. The average Bonchev–Trinajstić information content (AvgIpc) is 2.68. The first-order chi connectivity index (χ1) is 13.4. The molecule has 2 heterocycles. The summed E-state index contributed by atoms with van der Waals surface area (Å²) in [6, 6.07) is 8.59. The minimum absolute atomic E-state index is 0.0561. The summed E-state index contributed by atoms with van der Waals surface area (Å²) in [4.78, 5) is 4.27. The zero-order valence-electron chi connectivity index (χ0n) is 15.2. The van der Waals surface area contributed by atoms with Crippen molar-refractivity contribution in [2.45, 2.75) is 19.2 Å². The number of anilines is 1. The number of aromatic nitrogens is 1. The topological polar surface area (TPSA) is 43.4 Å². The van der Waals surface area contributed by atoms with Gasteiger partial charge in [-0.3, -0.25) is 4.98 Å². The van der Waals surface area contributed by atoms with Crippen LogP contribution in [0.15, 0.2) is 66.2 Å². The summed E-state index contributed by atoms with van der Waals surface area (Å²) in [5.74, 6) is 0.972. The standard InChI is InChI=1S/C21H19F3N2O2/c1-13-10-17(12-19-20(13)28-9-8-27-19)26-16-6-7-25-18(11-16)14-2-4-15(5-3-14)21(22,23)24/h2-7,10-13,20H,8-9H2,1H3,(H,25,26). The number of allylic oxidation sites excluding steroid dienone is 1. The van der Waals surface area contributed by atoms with E-state index in [9.17, 15) is 13.2 Å². The van der Waals surface area contributed by atoms with Gasteiger partial charge in [0.15, 0.2) is 0 Å². The van der Waals surface area contributed by atoms with E-state index in [0.717, 1.165) is 29.3 Å². The van der Waals surface area contributed by atoms with Crippen molar-refractivity contribution in [1.82, 2.24) is 4.98 Å². The van der Waals surface area contributed by atoms with Crippen LogP contribution in [-0.4, -0.2) is 24.3 Å². The monoisotopic (exact) mass is 388 g/mol. The van der Waals surface area contributed by atoms with Gasteiger partial charge >= 0.3 is 6.18 Å². The van der Waals surface area contributed by atoms with E-state index in [4.69, 9.17) is 9.47 Å². The van der Waals surface area contributed by atoms with Gasteiger partial charge in [0.25, 0.3) is 0 Å². The van der Waals surface area contributed by atoms with Crippen LogP contribution in [0.1, 0.15) is 12.5 Å². The molecule has 1 aliphatic heterocycles. The number of halogens is 3. The highest BCUT2D eigenvalue weighted by atomic mass is 19.4. The summed E-state index contributed by atoms with van der Waals surface area (Å²) in [7, 11) is 0. The molecule has 2 atom stereocenters. The Morgan fingerprint density at radius 3 is 2.64 bits per heavy atom. The van der Waals surface area contributed by atoms with Crippen LogP contribution in [0.5, 0.6) is 0 Å². The van der Waals surface area contributed by atoms with Crippen LogP contribution in [-0.2, 0) is 15.7 Å². The number of hydrogen-bond donors (Lipinski definition) is 1. The zero-order valence-corrected chi connectivity index (χ0v) is 15.2. The molecule has 4 rings (SSSR count). The maximum atomic E-state index is 12.7. The summed E-state index contributed by atoms with van der Waals surface area (Å²) >= 11 is 0. The number of rotatable bonds is 3. The summed E-state index contributed by atoms with van der Waals surface area (Å²) in [6.45, 7) is 3.19. The fourth-order valence-electron chi connectivity index (χ4n) is 3.35.